The number of aromatic nitrogens is 2. The highest BCUT2D eigenvalue weighted by Gasteiger charge is 2.13. The van der Waals surface area contributed by atoms with Crippen LogP contribution in [0, 0.1) is 5.82 Å². The van der Waals surface area contributed by atoms with Crippen LogP contribution in [0.15, 0.2) is 47.3 Å². The lowest BCUT2D eigenvalue weighted by atomic mass is 10.2. The van der Waals surface area contributed by atoms with Gasteiger partial charge in [-0.2, -0.15) is 0 Å². The highest BCUT2D eigenvalue weighted by atomic mass is 35.5. The van der Waals surface area contributed by atoms with E-state index in [1.165, 1.54) is 22.8 Å². The highest BCUT2D eigenvalue weighted by Crippen LogP contribution is 2.21. The van der Waals surface area contributed by atoms with Gasteiger partial charge in [0.25, 0.3) is 5.56 Å². The Hall–Kier alpha value is -2.44. The van der Waals surface area contributed by atoms with Gasteiger partial charge in [-0.15, -0.1) is 0 Å². The van der Waals surface area contributed by atoms with Gasteiger partial charge in [0.1, 0.15) is 5.82 Å². The van der Waals surface area contributed by atoms with Gasteiger partial charge in [-0.25, -0.2) is 19.8 Å². The first kappa shape index (κ1) is 13.5. The lowest BCUT2D eigenvalue weighted by Crippen LogP contribution is -2.26. The van der Waals surface area contributed by atoms with E-state index < -0.39 is 5.82 Å². The predicted molar refractivity (Wildman–Crippen MR) is 80.1 cm³/mol. The number of nitrogens with one attached hydrogen (secondary N) is 1. The molecular formula is C14H10ClFN4O. The molecule has 3 N–H and O–H groups in total. The third kappa shape index (κ3) is 2.24. The molecule has 0 aliphatic carbocycles. The fraction of sp³-hybridized carbons (Fsp3) is 0. The minimum atomic E-state index is -0.565. The van der Waals surface area contributed by atoms with Gasteiger partial charge in [-0.05, 0) is 30.3 Å². The number of nitrogen functional groups attached to an aromatic ring is 1. The second-order valence-corrected chi connectivity index (χ2v) is 4.74. The standard InChI is InChI=1S/C14H10ClFN4O/c15-10-7-8(5-6-11(10)16)20-13(21)9-3-1-2-4-12(9)18-14(20)19-17/h1-7H,17H2,(H,18,19). The third-order valence-electron chi connectivity index (χ3n) is 3.07. The molecule has 1 aromatic heterocycles. The van der Waals surface area contributed by atoms with Crippen LogP contribution in [0.25, 0.3) is 16.6 Å². The van der Waals surface area contributed by atoms with Crippen molar-refractivity contribution in [2.24, 2.45) is 5.84 Å². The van der Waals surface area contributed by atoms with Crippen LogP contribution in [0.1, 0.15) is 0 Å². The third-order valence-corrected chi connectivity index (χ3v) is 3.36. The number of halogens is 2. The van der Waals surface area contributed by atoms with Gasteiger partial charge in [0.2, 0.25) is 5.95 Å². The molecule has 21 heavy (non-hydrogen) atoms. The number of para-hydroxylation sites is 1. The van der Waals surface area contributed by atoms with Gasteiger partial charge in [0, 0.05) is 0 Å². The van der Waals surface area contributed by atoms with Gasteiger partial charge in [-0.1, -0.05) is 23.7 Å². The number of hydrogen-bond donors (Lipinski definition) is 2. The molecule has 0 saturated carbocycles. The van der Waals surface area contributed by atoms with Gasteiger partial charge in [0.05, 0.1) is 21.6 Å². The van der Waals surface area contributed by atoms with E-state index in [2.05, 4.69) is 10.4 Å². The smallest absolute Gasteiger partial charge is 0.267 e. The molecule has 7 heteroatoms. The van der Waals surface area contributed by atoms with Crippen molar-refractivity contribution in [1.29, 1.82) is 0 Å². The zero-order valence-corrected chi connectivity index (χ0v) is 11.4. The van der Waals surface area contributed by atoms with Crippen LogP contribution in [-0.4, -0.2) is 9.55 Å². The van der Waals surface area contributed by atoms with E-state index in [1.807, 2.05) is 0 Å². The number of benzene rings is 2. The summed E-state index contributed by atoms with van der Waals surface area (Å²) in [4.78, 5) is 16.9. The number of rotatable bonds is 2. The maximum atomic E-state index is 13.3. The van der Waals surface area contributed by atoms with E-state index in [0.717, 1.165) is 0 Å². The predicted octanol–water partition coefficient (Wildman–Crippen LogP) is 2.46. The van der Waals surface area contributed by atoms with Gasteiger partial charge >= 0.3 is 0 Å². The Kier molecular flexibility index (Phi) is 3.32. The Morgan fingerprint density at radius 3 is 2.71 bits per heavy atom. The fourth-order valence-corrected chi connectivity index (χ4v) is 2.27. The van der Waals surface area contributed by atoms with Crippen molar-refractivity contribution < 1.29 is 4.39 Å². The first-order valence-electron chi connectivity index (χ1n) is 6.05. The summed E-state index contributed by atoms with van der Waals surface area (Å²) >= 11 is 5.77. The van der Waals surface area contributed by atoms with Crippen molar-refractivity contribution in [2.75, 3.05) is 5.43 Å². The van der Waals surface area contributed by atoms with Gasteiger partial charge < -0.3 is 0 Å². The Morgan fingerprint density at radius 2 is 2.00 bits per heavy atom. The molecule has 0 saturated heterocycles. The van der Waals surface area contributed by atoms with Crippen LogP contribution < -0.4 is 16.8 Å². The van der Waals surface area contributed by atoms with Crippen molar-refractivity contribution in [3.8, 4) is 5.69 Å². The second kappa shape index (κ2) is 5.16. The first-order valence-corrected chi connectivity index (χ1v) is 6.43. The maximum absolute atomic E-state index is 13.3. The van der Waals surface area contributed by atoms with E-state index >= 15 is 0 Å². The lowest BCUT2D eigenvalue weighted by molar-refractivity contribution is 0.627. The molecule has 0 aliphatic rings. The first-order chi connectivity index (χ1) is 10.1. The highest BCUT2D eigenvalue weighted by molar-refractivity contribution is 6.30. The zero-order chi connectivity index (χ0) is 15.0. The monoisotopic (exact) mass is 304 g/mol. The molecule has 3 rings (SSSR count). The largest absolute Gasteiger partial charge is 0.293 e. The minimum absolute atomic E-state index is 0.0875. The molecule has 0 radical (unpaired) electrons. The molecule has 2 aromatic carbocycles. The van der Waals surface area contributed by atoms with E-state index in [1.54, 1.807) is 24.3 Å². The lowest BCUT2D eigenvalue weighted by Gasteiger charge is -2.13. The minimum Gasteiger partial charge on any atom is -0.293 e. The number of nitrogens with two attached hydrogens (primary N) is 1. The molecule has 0 spiro atoms. The molecule has 1 heterocycles. The van der Waals surface area contributed by atoms with E-state index in [-0.39, 0.29) is 16.5 Å². The molecule has 0 aliphatic heterocycles. The van der Waals surface area contributed by atoms with Crippen LogP contribution in [0.3, 0.4) is 0 Å². The Balaban J connectivity index is 2.37. The van der Waals surface area contributed by atoms with Crippen LogP contribution in [0.4, 0.5) is 10.3 Å². The Morgan fingerprint density at radius 1 is 1.24 bits per heavy atom. The Labute approximate surface area is 123 Å². The SMILES string of the molecule is NNc1nc2ccccc2c(=O)n1-c1ccc(F)c(Cl)c1. The van der Waals surface area contributed by atoms with Crippen molar-refractivity contribution in [3.05, 3.63) is 63.7 Å². The summed E-state index contributed by atoms with van der Waals surface area (Å²) in [6, 6.07) is 10.8. The van der Waals surface area contributed by atoms with Crippen LogP contribution in [-0.2, 0) is 0 Å². The van der Waals surface area contributed by atoms with Crippen molar-refractivity contribution >= 4 is 28.5 Å². The van der Waals surface area contributed by atoms with Crippen LogP contribution in [0.5, 0.6) is 0 Å². The number of hydrogen-bond acceptors (Lipinski definition) is 4. The molecule has 5 nitrogen and oxygen atoms in total. The summed E-state index contributed by atoms with van der Waals surface area (Å²) in [7, 11) is 0. The van der Waals surface area contributed by atoms with Crippen molar-refractivity contribution in [3.63, 3.8) is 0 Å². The summed E-state index contributed by atoms with van der Waals surface area (Å²) in [6.07, 6.45) is 0. The van der Waals surface area contributed by atoms with Gasteiger partial charge in [-0.3, -0.25) is 10.2 Å². The zero-order valence-electron chi connectivity index (χ0n) is 10.7. The van der Waals surface area contributed by atoms with Crippen molar-refractivity contribution in [2.45, 2.75) is 0 Å². The molecule has 0 bridgehead atoms. The quantitative estimate of drug-likeness (QED) is 0.563. The second-order valence-electron chi connectivity index (χ2n) is 4.34. The number of nitrogens with zero attached hydrogens (tertiary/aromatic N) is 2. The van der Waals surface area contributed by atoms with Crippen LogP contribution in [0.2, 0.25) is 5.02 Å². The summed E-state index contributed by atoms with van der Waals surface area (Å²) < 4.78 is 14.5. The van der Waals surface area contributed by atoms with Gasteiger partial charge in [0.15, 0.2) is 0 Å². The molecule has 0 atom stereocenters. The fourth-order valence-electron chi connectivity index (χ4n) is 2.09. The number of fused-ring (bicyclic) bond motifs is 1. The summed E-state index contributed by atoms with van der Waals surface area (Å²) in [6.45, 7) is 0. The summed E-state index contributed by atoms with van der Waals surface area (Å²) in [5.74, 6) is 5.01. The van der Waals surface area contributed by atoms with E-state index in [0.29, 0.717) is 16.6 Å². The van der Waals surface area contributed by atoms with E-state index in [9.17, 15) is 9.18 Å². The Bertz CT molecular complexity index is 894. The molecule has 0 fully saturated rings. The molecule has 3 aromatic rings. The van der Waals surface area contributed by atoms with Crippen LogP contribution >= 0.6 is 11.6 Å². The number of hydrazine groups is 1. The maximum Gasteiger partial charge on any atom is 0.267 e. The molecular weight excluding hydrogens is 295 g/mol. The molecule has 0 amide bonds. The average Bonchev–Trinajstić information content (AvgIpc) is 2.50. The summed E-state index contributed by atoms with van der Waals surface area (Å²) in [5, 5.41) is 0.340. The molecule has 0 unspecified atom stereocenters. The molecule has 106 valence electrons. The number of anilines is 1. The normalized spacial score (nSPS) is 10.8. The summed E-state index contributed by atoms with van der Waals surface area (Å²) in [5.41, 5.74) is 2.94. The van der Waals surface area contributed by atoms with Crippen molar-refractivity contribution in [1.82, 2.24) is 9.55 Å². The van der Waals surface area contributed by atoms with E-state index in [4.69, 9.17) is 17.4 Å². The average molecular weight is 305 g/mol. The topological polar surface area (TPSA) is 72.9 Å².